The molecule has 0 saturated carbocycles. The Balaban J connectivity index is 2.28. The first-order valence-electron chi connectivity index (χ1n) is 6.18. The third kappa shape index (κ3) is 3.03. The zero-order valence-electron chi connectivity index (χ0n) is 10.9. The first-order valence-corrected chi connectivity index (χ1v) is 6.18. The van der Waals surface area contributed by atoms with Gasteiger partial charge >= 0.3 is 11.9 Å². The van der Waals surface area contributed by atoms with Crippen LogP contribution in [0, 0.1) is 0 Å². The molecule has 0 fully saturated rings. The van der Waals surface area contributed by atoms with Gasteiger partial charge in [-0.2, -0.15) is 0 Å². The van der Waals surface area contributed by atoms with Crippen LogP contribution >= 0.6 is 0 Å². The Morgan fingerprint density at radius 3 is 2.25 bits per heavy atom. The Hall–Kier alpha value is -2.62. The number of hydrogen-bond acceptors (Lipinski definition) is 3. The van der Waals surface area contributed by atoms with Crippen molar-refractivity contribution >= 4 is 11.9 Å². The topological polar surface area (TPSA) is 63.6 Å². The number of carboxylic acid groups (broad SMARTS) is 1. The first kappa shape index (κ1) is 13.8. The van der Waals surface area contributed by atoms with Crippen molar-refractivity contribution in [3.05, 3.63) is 65.7 Å². The zero-order chi connectivity index (χ0) is 14.5. The molecule has 0 spiro atoms. The molecule has 0 saturated heterocycles. The van der Waals surface area contributed by atoms with Gasteiger partial charge in [0.2, 0.25) is 0 Å². The molecule has 102 valence electrons. The van der Waals surface area contributed by atoms with E-state index in [0.717, 1.165) is 0 Å². The maximum absolute atomic E-state index is 12.1. The minimum absolute atomic E-state index is 0.270. The lowest BCUT2D eigenvalue weighted by molar-refractivity contribution is -0.138. The number of carboxylic acids is 1. The fourth-order valence-electron chi connectivity index (χ4n) is 1.84. The molecular formula is C16H14O4. The van der Waals surface area contributed by atoms with Crippen molar-refractivity contribution in [3.63, 3.8) is 0 Å². The summed E-state index contributed by atoms with van der Waals surface area (Å²) in [6.45, 7) is 1.54. The number of carbonyl (C=O) groups is 2. The van der Waals surface area contributed by atoms with Crippen LogP contribution in [-0.2, 0) is 4.79 Å². The number of carbonyl (C=O) groups excluding carboxylic acids is 1. The Kier molecular flexibility index (Phi) is 4.15. The molecule has 2 aromatic carbocycles. The van der Waals surface area contributed by atoms with E-state index in [9.17, 15) is 9.59 Å². The van der Waals surface area contributed by atoms with Gasteiger partial charge in [-0.3, -0.25) is 4.79 Å². The summed E-state index contributed by atoms with van der Waals surface area (Å²) in [5, 5.41) is 9.08. The molecule has 1 N–H and O–H groups in total. The number of hydrogen-bond donors (Lipinski definition) is 1. The third-order valence-electron chi connectivity index (χ3n) is 2.97. The molecular weight excluding hydrogens is 256 g/mol. The Morgan fingerprint density at radius 1 is 1.00 bits per heavy atom. The van der Waals surface area contributed by atoms with E-state index in [1.807, 2.05) is 6.07 Å². The summed E-state index contributed by atoms with van der Waals surface area (Å²) < 4.78 is 5.24. The molecule has 2 rings (SSSR count). The Morgan fingerprint density at radius 2 is 1.60 bits per heavy atom. The number of esters is 1. The van der Waals surface area contributed by atoms with Crippen LogP contribution in [0.2, 0.25) is 0 Å². The van der Waals surface area contributed by atoms with E-state index >= 15 is 0 Å². The minimum atomic E-state index is -0.982. The van der Waals surface area contributed by atoms with Crippen molar-refractivity contribution in [3.8, 4) is 5.75 Å². The van der Waals surface area contributed by atoms with Crippen LogP contribution in [0.1, 0.15) is 28.8 Å². The fraction of sp³-hybridized carbons (Fsp3) is 0.125. The molecule has 2 aromatic rings. The number of para-hydroxylation sites is 1. The van der Waals surface area contributed by atoms with Gasteiger partial charge in [0.15, 0.2) is 0 Å². The molecule has 0 aliphatic rings. The van der Waals surface area contributed by atoms with Crippen LogP contribution in [0.25, 0.3) is 0 Å². The van der Waals surface area contributed by atoms with Gasteiger partial charge in [0.1, 0.15) is 5.75 Å². The highest BCUT2D eigenvalue weighted by Crippen LogP contribution is 2.22. The van der Waals surface area contributed by atoms with E-state index in [0.29, 0.717) is 11.3 Å². The monoisotopic (exact) mass is 270 g/mol. The van der Waals surface area contributed by atoms with E-state index in [-0.39, 0.29) is 5.56 Å². The summed E-state index contributed by atoms with van der Waals surface area (Å²) in [5.41, 5.74) is 0.715. The summed E-state index contributed by atoms with van der Waals surface area (Å²) in [5.74, 6) is -1.88. The van der Waals surface area contributed by atoms with Crippen LogP contribution in [0.3, 0.4) is 0 Å². The predicted molar refractivity (Wildman–Crippen MR) is 73.9 cm³/mol. The maximum atomic E-state index is 12.1. The lowest BCUT2D eigenvalue weighted by Gasteiger charge is -2.12. The average molecular weight is 270 g/mol. The van der Waals surface area contributed by atoms with Crippen molar-refractivity contribution in [1.82, 2.24) is 0 Å². The van der Waals surface area contributed by atoms with Gasteiger partial charge in [-0.15, -0.1) is 0 Å². The molecule has 0 amide bonds. The molecule has 0 aliphatic heterocycles. The third-order valence-corrected chi connectivity index (χ3v) is 2.97. The lowest BCUT2D eigenvalue weighted by Crippen LogP contribution is -2.16. The smallest absolute Gasteiger partial charge is 0.343 e. The highest BCUT2D eigenvalue weighted by Gasteiger charge is 2.21. The van der Waals surface area contributed by atoms with Crippen molar-refractivity contribution in [2.45, 2.75) is 12.8 Å². The number of benzene rings is 2. The van der Waals surface area contributed by atoms with E-state index in [1.54, 1.807) is 48.5 Å². The highest BCUT2D eigenvalue weighted by molar-refractivity contribution is 5.94. The van der Waals surface area contributed by atoms with Gasteiger partial charge in [-0.25, -0.2) is 4.79 Å². The van der Waals surface area contributed by atoms with Crippen molar-refractivity contribution in [2.24, 2.45) is 0 Å². The number of rotatable bonds is 4. The van der Waals surface area contributed by atoms with Crippen molar-refractivity contribution in [1.29, 1.82) is 0 Å². The Bertz CT molecular complexity index is 619. The van der Waals surface area contributed by atoms with Gasteiger partial charge in [0, 0.05) is 0 Å². The zero-order valence-corrected chi connectivity index (χ0v) is 10.9. The molecule has 0 aliphatic carbocycles. The fourth-order valence-corrected chi connectivity index (χ4v) is 1.84. The molecule has 4 heteroatoms. The van der Waals surface area contributed by atoms with Crippen molar-refractivity contribution < 1.29 is 19.4 Å². The molecule has 0 heterocycles. The minimum Gasteiger partial charge on any atom is -0.481 e. The van der Waals surface area contributed by atoms with Crippen LogP contribution in [0.5, 0.6) is 5.75 Å². The van der Waals surface area contributed by atoms with Gasteiger partial charge < -0.3 is 9.84 Å². The molecule has 1 atom stereocenters. The van der Waals surface area contributed by atoms with Crippen LogP contribution < -0.4 is 4.74 Å². The van der Waals surface area contributed by atoms with Gasteiger partial charge in [0.25, 0.3) is 0 Å². The van der Waals surface area contributed by atoms with E-state index in [2.05, 4.69) is 0 Å². The maximum Gasteiger partial charge on any atom is 0.343 e. The SMILES string of the molecule is CC(C(=O)O)c1ccccc1C(=O)Oc1ccccc1. The second-order valence-corrected chi connectivity index (χ2v) is 4.35. The second kappa shape index (κ2) is 6.02. The van der Waals surface area contributed by atoms with E-state index < -0.39 is 17.9 Å². The number of aliphatic carboxylic acids is 1. The summed E-state index contributed by atoms with van der Waals surface area (Å²) >= 11 is 0. The van der Waals surface area contributed by atoms with E-state index in [1.165, 1.54) is 6.92 Å². The van der Waals surface area contributed by atoms with Gasteiger partial charge in [-0.1, -0.05) is 36.4 Å². The molecule has 4 nitrogen and oxygen atoms in total. The molecule has 0 radical (unpaired) electrons. The summed E-state index contributed by atoms with van der Waals surface area (Å²) in [4.78, 5) is 23.2. The van der Waals surface area contributed by atoms with Gasteiger partial charge in [0.05, 0.1) is 11.5 Å². The molecule has 20 heavy (non-hydrogen) atoms. The van der Waals surface area contributed by atoms with E-state index in [4.69, 9.17) is 9.84 Å². The second-order valence-electron chi connectivity index (χ2n) is 4.35. The average Bonchev–Trinajstić information content (AvgIpc) is 2.47. The van der Waals surface area contributed by atoms with Crippen LogP contribution in [0.4, 0.5) is 0 Å². The standard InChI is InChI=1S/C16H14O4/c1-11(15(17)18)13-9-5-6-10-14(13)16(19)20-12-7-3-2-4-8-12/h2-11H,1H3,(H,17,18). The summed E-state index contributed by atoms with van der Waals surface area (Å²) in [6.07, 6.45) is 0. The summed E-state index contributed by atoms with van der Waals surface area (Å²) in [7, 11) is 0. The normalized spacial score (nSPS) is 11.7. The Labute approximate surface area is 116 Å². The van der Waals surface area contributed by atoms with Crippen LogP contribution in [-0.4, -0.2) is 17.0 Å². The highest BCUT2D eigenvalue weighted by atomic mass is 16.5. The first-order chi connectivity index (χ1) is 9.59. The predicted octanol–water partition coefficient (Wildman–Crippen LogP) is 3.09. The van der Waals surface area contributed by atoms with Crippen LogP contribution in [0.15, 0.2) is 54.6 Å². The number of ether oxygens (including phenoxy) is 1. The summed E-state index contributed by atoms with van der Waals surface area (Å²) in [6, 6.07) is 15.2. The van der Waals surface area contributed by atoms with Gasteiger partial charge in [-0.05, 0) is 30.7 Å². The lowest BCUT2D eigenvalue weighted by atomic mass is 9.96. The molecule has 1 unspecified atom stereocenters. The molecule has 0 bridgehead atoms. The largest absolute Gasteiger partial charge is 0.481 e. The molecule has 0 aromatic heterocycles. The quantitative estimate of drug-likeness (QED) is 0.685. The van der Waals surface area contributed by atoms with Crippen molar-refractivity contribution in [2.75, 3.05) is 0 Å².